The lowest BCUT2D eigenvalue weighted by Crippen LogP contribution is -2.49. The topological polar surface area (TPSA) is 64.7 Å². The lowest BCUT2D eigenvalue weighted by Gasteiger charge is -2.38. The van der Waals surface area contributed by atoms with Crippen molar-refractivity contribution in [3.8, 4) is 0 Å². The van der Waals surface area contributed by atoms with E-state index in [2.05, 4.69) is 10.6 Å². The van der Waals surface area contributed by atoms with Gasteiger partial charge in [-0.3, -0.25) is 4.79 Å². The first kappa shape index (κ1) is 20.6. The molecule has 154 valence electrons. The molecular weight excluding hydrogens is 352 g/mol. The normalized spacial score (nSPS) is 20.9. The highest BCUT2D eigenvalue weighted by Crippen LogP contribution is 2.25. The molecule has 2 fully saturated rings. The molecule has 2 aliphatic rings. The zero-order valence-corrected chi connectivity index (χ0v) is 17.2. The minimum Gasteiger partial charge on any atom is -0.342 e. The van der Waals surface area contributed by atoms with Crippen LogP contribution < -0.4 is 10.6 Å². The summed E-state index contributed by atoms with van der Waals surface area (Å²) in [6, 6.07) is 7.70. The molecule has 2 N–H and O–H groups in total. The second-order valence-corrected chi connectivity index (χ2v) is 8.25. The predicted octanol–water partition coefficient (Wildman–Crippen LogP) is 3.09. The van der Waals surface area contributed by atoms with Crippen LogP contribution in [-0.4, -0.2) is 61.5 Å². The van der Waals surface area contributed by atoms with Gasteiger partial charge in [0.15, 0.2) is 0 Å². The SMILES string of the molecule is CNCCC1CCN(C(=O)C2CCCN(C(=O)Nc3cccc(C)c3)C2)CC1. The smallest absolute Gasteiger partial charge is 0.321 e. The van der Waals surface area contributed by atoms with Gasteiger partial charge in [0, 0.05) is 31.9 Å². The number of aryl methyl sites for hydroxylation is 1. The quantitative estimate of drug-likeness (QED) is 0.817. The Labute approximate surface area is 168 Å². The Balaban J connectivity index is 1.50. The molecule has 1 unspecified atom stereocenters. The third-order valence-electron chi connectivity index (χ3n) is 6.06. The van der Waals surface area contributed by atoms with Gasteiger partial charge >= 0.3 is 6.03 Å². The van der Waals surface area contributed by atoms with E-state index in [9.17, 15) is 9.59 Å². The van der Waals surface area contributed by atoms with Crippen LogP contribution in [-0.2, 0) is 4.79 Å². The Morgan fingerprint density at radius 1 is 1.11 bits per heavy atom. The van der Waals surface area contributed by atoms with Crippen LogP contribution in [0.4, 0.5) is 10.5 Å². The molecule has 28 heavy (non-hydrogen) atoms. The van der Waals surface area contributed by atoms with Crippen molar-refractivity contribution in [1.82, 2.24) is 15.1 Å². The van der Waals surface area contributed by atoms with E-state index in [0.29, 0.717) is 13.1 Å². The number of carbonyl (C=O) groups is 2. The molecule has 3 amide bonds. The van der Waals surface area contributed by atoms with Crippen LogP contribution in [0, 0.1) is 18.8 Å². The van der Waals surface area contributed by atoms with Crippen molar-refractivity contribution >= 4 is 17.6 Å². The van der Waals surface area contributed by atoms with Gasteiger partial charge in [-0.1, -0.05) is 12.1 Å². The fraction of sp³-hybridized carbons (Fsp3) is 0.636. The van der Waals surface area contributed by atoms with E-state index >= 15 is 0 Å². The van der Waals surface area contributed by atoms with Crippen LogP contribution in [0.15, 0.2) is 24.3 Å². The van der Waals surface area contributed by atoms with Crippen LogP contribution in [0.2, 0.25) is 0 Å². The average Bonchev–Trinajstić information content (AvgIpc) is 2.72. The highest BCUT2D eigenvalue weighted by atomic mass is 16.2. The summed E-state index contributed by atoms with van der Waals surface area (Å²) in [4.78, 5) is 29.5. The van der Waals surface area contributed by atoms with Crippen LogP contribution in [0.1, 0.15) is 37.7 Å². The predicted molar refractivity (Wildman–Crippen MR) is 112 cm³/mol. The lowest BCUT2D eigenvalue weighted by molar-refractivity contribution is -0.138. The van der Waals surface area contributed by atoms with E-state index in [-0.39, 0.29) is 17.9 Å². The molecule has 1 aromatic rings. The number of likely N-dealkylation sites (tertiary alicyclic amines) is 2. The maximum atomic E-state index is 13.0. The molecule has 3 rings (SSSR count). The maximum Gasteiger partial charge on any atom is 0.321 e. The van der Waals surface area contributed by atoms with E-state index in [0.717, 1.165) is 62.5 Å². The van der Waals surface area contributed by atoms with Gasteiger partial charge in [0.2, 0.25) is 5.91 Å². The lowest BCUT2D eigenvalue weighted by atomic mass is 9.91. The number of amides is 3. The van der Waals surface area contributed by atoms with Crippen LogP contribution in [0.5, 0.6) is 0 Å². The van der Waals surface area contributed by atoms with Gasteiger partial charge in [0.25, 0.3) is 0 Å². The van der Waals surface area contributed by atoms with Crippen molar-refractivity contribution in [3.63, 3.8) is 0 Å². The Morgan fingerprint density at radius 3 is 2.61 bits per heavy atom. The fourth-order valence-corrected chi connectivity index (χ4v) is 4.34. The molecule has 2 heterocycles. The molecule has 0 aromatic heterocycles. The molecule has 6 heteroatoms. The van der Waals surface area contributed by atoms with Crippen molar-refractivity contribution < 1.29 is 9.59 Å². The van der Waals surface area contributed by atoms with E-state index in [4.69, 9.17) is 0 Å². The first-order valence-electron chi connectivity index (χ1n) is 10.6. The number of piperidine rings is 2. The van der Waals surface area contributed by atoms with E-state index in [1.807, 2.05) is 43.1 Å². The summed E-state index contributed by atoms with van der Waals surface area (Å²) in [7, 11) is 1.99. The number of benzene rings is 1. The molecule has 2 saturated heterocycles. The molecule has 1 atom stereocenters. The Bertz CT molecular complexity index is 670. The van der Waals surface area contributed by atoms with Crippen LogP contribution in [0.25, 0.3) is 0 Å². The summed E-state index contributed by atoms with van der Waals surface area (Å²) < 4.78 is 0. The summed E-state index contributed by atoms with van der Waals surface area (Å²) in [5.41, 5.74) is 1.92. The van der Waals surface area contributed by atoms with E-state index < -0.39 is 0 Å². The Hall–Kier alpha value is -2.08. The van der Waals surface area contributed by atoms with Crippen molar-refractivity contribution in [2.24, 2.45) is 11.8 Å². The largest absolute Gasteiger partial charge is 0.342 e. The minimum atomic E-state index is -0.103. The van der Waals surface area contributed by atoms with Crippen LogP contribution in [0.3, 0.4) is 0 Å². The van der Waals surface area contributed by atoms with Gasteiger partial charge < -0.3 is 20.4 Å². The molecule has 1 aromatic carbocycles. The third kappa shape index (κ3) is 5.47. The molecule has 0 aliphatic carbocycles. The number of hydrogen-bond acceptors (Lipinski definition) is 3. The zero-order chi connectivity index (χ0) is 19.9. The molecular formula is C22H34N4O2. The second kappa shape index (κ2) is 9.92. The van der Waals surface area contributed by atoms with Crippen molar-refractivity contribution in [2.75, 3.05) is 45.1 Å². The van der Waals surface area contributed by atoms with Crippen molar-refractivity contribution in [1.29, 1.82) is 0 Å². The Morgan fingerprint density at radius 2 is 1.89 bits per heavy atom. The number of anilines is 1. The summed E-state index contributed by atoms with van der Waals surface area (Å²) in [6.07, 6.45) is 5.15. The molecule has 0 radical (unpaired) electrons. The third-order valence-corrected chi connectivity index (χ3v) is 6.06. The molecule has 0 saturated carbocycles. The highest BCUT2D eigenvalue weighted by molar-refractivity contribution is 5.90. The first-order chi connectivity index (χ1) is 13.6. The fourth-order valence-electron chi connectivity index (χ4n) is 4.34. The Kier molecular flexibility index (Phi) is 7.31. The zero-order valence-electron chi connectivity index (χ0n) is 17.2. The monoisotopic (exact) mass is 386 g/mol. The summed E-state index contributed by atoms with van der Waals surface area (Å²) >= 11 is 0. The highest BCUT2D eigenvalue weighted by Gasteiger charge is 2.32. The van der Waals surface area contributed by atoms with Gasteiger partial charge in [-0.25, -0.2) is 4.79 Å². The second-order valence-electron chi connectivity index (χ2n) is 8.25. The molecule has 0 bridgehead atoms. The van der Waals surface area contributed by atoms with Gasteiger partial charge in [0.1, 0.15) is 0 Å². The van der Waals surface area contributed by atoms with Gasteiger partial charge in [0.05, 0.1) is 5.92 Å². The number of hydrogen-bond donors (Lipinski definition) is 2. The minimum absolute atomic E-state index is 0.0640. The van der Waals surface area contributed by atoms with Crippen molar-refractivity contribution in [2.45, 2.75) is 39.0 Å². The molecule has 0 spiro atoms. The standard InChI is InChI=1S/C22H34N4O2/c1-17-5-3-7-20(15-17)24-22(28)26-12-4-6-19(16-26)21(27)25-13-9-18(10-14-25)8-11-23-2/h3,5,7,15,18-19,23H,4,6,8-14,16H2,1-2H3,(H,24,28). The average molecular weight is 387 g/mol. The van der Waals surface area contributed by atoms with Gasteiger partial charge in [-0.05, 0) is 76.2 Å². The number of carbonyl (C=O) groups excluding carboxylic acids is 2. The molecule has 2 aliphatic heterocycles. The first-order valence-corrected chi connectivity index (χ1v) is 10.6. The maximum absolute atomic E-state index is 13.0. The number of urea groups is 1. The van der Waals surface area contributed by atoms with Gasteiger partial charge in [-0.15, -0.1) is 0 Å². The summed E-state index contributed by atoms with van der Waals surface area (Å²) in [5, 5.41) is 6.19. The van der Waals surface area contributed by atoms with E-state index in [1.165, 1.54) is 6.42 Å². The number of nitrogens with zero attached hydrogens (tertiary/aromatic N) is 2. The number of nitrogens with one attached hydrogen (secondary N) is 2. The summed E-state index contributed by atoms with van der Waals surface area (Å²) in [5.74, 6) is 0.894. The van der Waals surface area contributed by atoms with Crippen molar-refractivity contribution in [3.05, 3.63) is 29.8 Å². The number of rotatable bonds is 5. The summed E-state index contributed by atoms with van der Waals surface area (Å²) in [6.45, 7) is 6.02. The molecule has 6 nitrogen and oxygen atoms in total. The van der Waals surface area contributed by atoms with Crippen LogP contribution >= 0.6 is 0 Å². The van der Waals surface area contributed by atoms with E-state index in [1.54, 1.807) is 4.90 Å². The van der Waals surface area contributed by atoms with Gasteiger partial charge in [-0.2, -0.15) is 0 Å².